The minimum absolute atomic E-state index is 0.358. The van der Waals surface area contributed by atoms with Crippen LogP contribution in [0.4, 0.5) is 0 Å². The van der Waals surface area contributed by atoms with Gasteiger partial charge in [-0.1, -0.05) is 11.6 Å². The molecule has 1 saturated carbocycles. The Morgan fingerprint density at radius 2 is 2.00 bits per heavy atom. The van der Waals surface area contributed by atoms with Crippen LogP contribution in [-0.2, 0) is 5.41 Å². The summed E-state index contributed by atoms with van der Waals surface area (Å²) in [6.07, 6.45) is 1.77. The fourth-order valence-electron chi connectivity index (χ4n) is 1.78. The highest BCUT2D eigenvalue weighted by Gasteiger charge is 2.45. The molecule has 0 heterocycles. The average Bonchev–Trinajstić information content (AvgIpc) is 3.08. The molecule has 0 unspecified atom stereocenters. The monoisotopic (exact) mass is 237 g/mol. The van der Waals surface area contributed by atoms with Crippen LogP contribution >= 0.6 is 11.6 Å². The van der Waals surface area contributed by atoms with Crippen molar-refractivity contribution in [1.29, 1.82) is 5.26 Å². The maximum absolute atomic E-state index is 9.13. The molecule has 0 spiro atoms. The van der Waals surface area contributed by atoms with Gasteiger partial charge in [0.25, 0.3) is 0 Å². The summed E-state index contributed by atoms with van der Waals surface area (Å²) in [6, 6.07) is 5.95. The highest BCUT2D eigenvalue weighted by atomic mass is 35.5. The third-order valence-electron chi connectivity index (χ3n) is 2.95. The first-order valence-corrected chi connectivity index (χ1v) is 5.38. The predicted molar refractivity (Wildman–Crippen MR) is 61.1 cm³/mol. The van der Waals surface area contributed by atoms with Crippen LogP contribution < -0.4 is 9.47 Å². The second-order valence-corrected chi connectivity index (χ2v) is 4.29. The van der Waals surface area contributed by atoms with Crippen molar-refractivity contribution < 1.29 is 9.47 Å². The first-order valence-electron chi connectivity index (χ1n) is 5.00. The molecule has 0 atom stereocenters. The first kappa shape index (κ1) is 11.1. The Balaban J connectivity index is 2.51. The lowest BCUT2D eigenvalue weighted by molar-refractivity contribution is 0.354. The highest BCUT2D eigenvalue weighted by Crippen LogP contribution is 2.50. The van der Waals surface area contributed by atoms with Crippen LogP contribution in [0.2, 0.25) is 5.02 Å². The van der Waals surface area contributed by atoms with Crippen molar-refractivity contribution in [2.75, 3.05) is 14.2 Å². The van der Waals surface area contributed by atoms with Crippen LogP contribution in [0.15, 0.2) is 12.1 Å². The number of halogens is 1. The van der Waals surface area contributed by atoms with E-state index in [9.17, 15) is 0 Å². The summed E-state index contributed by atoms with van der Waals surface area (Å²) in [5.41, 5.74) is 0.557. The van der Waals surface area contributed by atoms with Gasteiger partial charge in [-0.3, -0.25) is 0 Å². The predicted octanol–water partition coefficient (Wildman–Crippen LogP) is 2.91. The number of benzene rings is 1. The number of hydrogen-bond acceptors (Lipinski definition) is 3. The van der Waals surface area contributed by atoms with Crippen LogP contribution in [0.3, 0.4) is 0 Å². The summed E-state index contributed by atoms with van der Waals surface area (Å²) in [4.78, 5) is 0. The molecule has 1 aliphatic carbocycles. The molecule has 0 aromatic heterocycles. The van der Waals surface area contributed by atoms with Gasteiger partial charge in [0.15, 0.2) is 11.5 Å². The van der Waals surface area contributed by atoms with Crippen molar-refractivity contribution in [2.45, 2.75) is 18.3 Å². The minimum atomic E-state index is -0.358. The summed E-state index contributed by atoms with van der Waals surface area (Å²) in [7, 11) is 3.10. The van der Waals surface area contributed by atoms with Crippen molar-refractivity contribution in [3.05, 3.63) is 22.7 Å². The fraction of sp³-hybridized carbons (Fsp3) is 0.417. The Morgan fingerprint density at radius 3 is 2.44 bits per heavy atom. The van der Waals surface area contributed by atoms with Crippen molar-refractivity contribution in [3.8, 4) is 17.6 Å². The van der Waals surface area contributed by atoms with Gasteiger partial charge >= 0.3 is 0 Å². The molecule has 84 valence electrons. The lowest BCUT2D eigenvalue weighted by atomic mass is 9.97. The molecule has 0 saturated heterocycles. The van der Waals surface area contributed by atoms with Gasteiger partial charge in [-0.25, -0.2) is 0 Å². The SMILES string of the molecule is COc1cc(C2(C#N)CC2)cc(Cl)c1OC. The van der Waals surface area contributed by atoms with E-state index in [1.807, 2.05) is 6.07 Å². The van der Waals surface area contributed by atoms with Crippen molar-refractivity contribution in [3.63, 3.8) is 0 Å². The van der Waals surface area contributed by atoms with Crippen molar-refractivity contribution in [2.24, 2.45) is 0 Å². The topological polar surface area (TPSA) is 42.2 Å². The molecule has 1 fully saturated rings. The molecule has 0 amide bonds. The van der Waals surface area contributed by atoms with Gasteiger partial charge in [-0.15, -0.1) is 0 Å². The van der Waals surface area contributed by atoms with E-state index in [1.54, 1.807) is 20.3 Å². The normalized spacial score (nSPS) is 16.4. The summed E-state index contributed by atoms with van der Waals surface area (Å²) in [6.45, 7) is 0. The Bertz CT molecular complexity index is 461. The second kappa shape index (κ2) is 3.88. The maximum atomic E-state index is 9.13. The van der Waals surface area contributed by atoms with Gasteiger partial charge in [0.2, 0.25) is 0 Å². The first-order chi connectivity index (χ1) is 7.66. The van der Waals surface area contributed by atoms with E-state index in [2.05, 4.69) is 6.07 Å². The highest BCUT2D eigenvalue weighted by molar-refractivity contribution is 6.32. The van der Waals surface area contributed by atoms with Crippen molar-refractivity contribution in [1.82, 2.24) is 0 Å². The standard InChI is InChI=1S/C12H12ClNO2/c1-15-10-6-8(12(7-14)3-4-12)5-9(13)11(10)16-2/h5-6H,3-4H2,1-2H3. The molecular weight excluding hydrogens is 226 g/mol. The number of hydrogen-bond donors (Lipinski definition) is 0. The molecule has 1 aromatic rings. The third-order valence-corrected chi connectivity index (χ3v) is 3.23. The average molecular weight is 238 g/mol. The minimum Gasteiger partial charge on any atom is -0.493 e. The summed E-state index contributed by atoms with van der Waals surface area (Å²) in [5.74, 6) is 1.09. The molecule has 1 aliphatic rings. The Kier molecular flexibility index (Phi) is 2.69. The zero-order valence-electron chi connectivity index (χ0n) is 9.21. The summed E-state index contributed by atoms with van der Waals surface area (Å²) >= 11 is 6.09. The largest absolute Gasteiger partial charge is 0.493 e. The number of ether oxygens (including phenoxy) is 2. The molecule has 0 bridgehead atoms. The molecule has 3 nitrogen and oxygen atoms in total. The van der Waals surface area contributed by atoms with E-state index in [0.717, 1.165) is 18.4 Å². The Morgan fingerprint density at radius 1 is 1.31 bits per heavy atom. The van der Waals surface area contributed by atoms with Gasteiger partial charge in [-0.2, -0.15) is 5.26 Å². The lowest BCUT2D eigenvalue weighted by Crippen LogP contribution is -2.04. The zero-order chi connectivity index (χ0) is 11.8. The zero-order valence-corrected chi connectivity index (χ0v) is 9.97. The van der Waals surface area contributed by atoms with Gasteiger partial charge < -0.3 is 9.47 Å². The van der Waals surface area contributed by atoms with Crippen LogP contribution in [0.1, 0.15) is 18.4 Å². The van der Waals surface area contributed by atoms with E-state index in [1.165, 1.54) is 0 Å². The van der Waals surface area contributed by atoms with E-state index < -0.39 is 0 Å². The van der Waals surface area contributed by atoms with E-state index >= 15 is 0 Å². The molecule has 0 N–H and O–H groups in total. The summed E-state index contributed by atoms with van der Waals surface area (Å²) in [5, 5.41) is 9.61. The van der Waals surface area contributed by atoms with Gasteiger partial charge in [0.05, 0.1) is 30.7 Å². The van der Waals surface area contributed by atoms with Crippen LogP contribution in [-0.4, -0.2) is 14.2 Å². The number of methoxy groups -OCH3 is 2. The number of nitrogens with zero attached hydrogens (tertiary/aromatic N) is 1. The van der Waals surface area contributed by atoms with Crippen LogP contribution in [0.5, 0.6) is 11.5 Å². The molecule has 4 heteroatoms. The van der Waals surface area contributed by atoms with Crippen molar-refractivity contribution >= 4 is 11.6 Å². The molecule has 2 rings (SSSR count). The number of nitriles is 1. The second-order valence-electron chi connectivity index (χ2n) is 3.89. The smallest absolute Gasteiger partial charge is 0.179 e. The Hall–Kier alpha value is -1.40. The van der Waals surface area contributed by atoms with Crippen LogP contribution in [0, 0.1) is 11.3 Å². The van der Waals surface area contributed by atoms with Crippen LogP contribution in [0.25, 0.3) is 0 Å². The number of rotatable bonds is 3. The molecule has 0 aliphatic heterocycles. The Labute approximate surface area is 99.5 Å². The molecular formula is C12H12ClNO2. The van der Waals surface area contributed by atoms with E-state index in [4.69, 9.17) is 26.3 Å². The molecule has 16 heavy (non-hydrogen) atoms. The van der Waals surface area contributed by atoms with E-state index in [0.29, 0.717) is 16.5 Å². The molecule has 1 aromatic carbocycles. The van der Waals surface area contributed by atoms with E-state index in [-0.39, 0.29) is 5.41 Å². The third kappa shape index (κ3) is 1.60. The lowest BCUT2D eigenvalue weighted by Gasteiger charge is -2.13. The quantitative estimate of drug-likeness (QED) is 0.812. The van der Waals surface area contributed by atoms with Gasteiger partial charge in [0, 0.05) is 0 Å². The summed E-state index contributed by atoms with van der Waals surface area (Å²) < 4.78 is 10.4. The fourth-order valence-corrected chi connectivity index (χ4v) is 2.07. The van der Waals surface area contributed by atoms with Gasteiger partial charge in [0.1, 0.15) is 0 Å². The maximum Gasteiger partial charge on any atom is 0.179 e. The van der Waals surface area contributed by atoms with Gasteiger partial charge in [-0.05, 0) is 30.5 Å². The molecule has 0 radical (unpaired) electrons.